The number of aryl methyl sites for hydroxylation is 2. The first-order valence-electron chi connectivity index (χ1n) is 11.3. The van der Waals surface area contributed by atoms with Crippen LogP contribution >= 0.6 is 0 Å². The van der Waals surface area contributed by atoms with Crippen LogP contribution in [0.1, 0.15) is 35.0 Å². The van der Waals surface area contributed by atoms with E-state index in [0.29, 0.717) is 18.0 Å². The quantitative estimate of drug-likeness (QED) is 0.501. The van der Waals surface area contributed by atoms with Gasteiger partial charge in [0.05, 0.1) is 18.2 Å². The van der Waals surface area contributed by atoms with Crippen molar-refractivity contribution >= 4 is 11.9 Å². The number of nitrogens with zero attached hydrogens (tertiary/aromatic N) is 5. The molecule has 0 aliphatic carbocycles. The lowest BCUT2D eigenvalue weighted by molar-refractivity contribution is -0.138. The van der Waals surface area contributed by atoms with Crippen LogP contribution in [0.3, 0.4) is 0 Å². The summed E-state index contributed by atoms with van der Waals surface area (Å²) in [5.41, 5.74) is 1.26. The Labute approximate surface area is 204 Å². The average Bonchev–Trinajstić information content (AvgIpc) is 3.18. The molecule has 1 aromatic carbocycles. The number of piperidine rings is 1. The largest absolute Gasteiger partial charge is 0.419 e. The van der Waals surface area contributed by atoms with E-state index < -0.39 is 48.5 Å². The minimum atomic E-state index is -4.58. The summed E-state index contributed by atoms with van der Waals surface area (Å²) in [4.78, 5) is 22.1. The summed E-state index contributed by atoms with van der Waals surface area (Å²) in [5.74, 6) is -4.48. The van der Waals surface area contributed by atoms with Crippen LogP contribution in [-0.4, -0.2) is 55.6 Å². The highest BCUT2D eigenvalue weighted by atomic mass is 19.4. The number of likely N-dealkylation sites (tertiary alicyclic amines) is 1. The molecule has 7 nitrogen and oxygen atoms in total. The maximum absolute atomic E-state index is 14.6. The third-order valence-electron chi connectivity index (χ3n) is 6.15. The zero-order chi connectivity index (χ0) is 26.3. The Bertz CT molecular complexity index is 1240. The van der Waals surface area contributed by atoms with E-state index in [2.05, 4.69) is 20.4 Å². The molecule has 1 aliphatic heterocycles. The highest BCUT2D eigenvalue weighted by Gasteiger charge is 2.47. The van der Waals surface area contributed by atoms with Gasteiger partial charge in [-0.25, -0.2) is 18.7 Å². The highest BCUT2D eigenvalue weighted by molar-refractivity contribution is 5.99. The topological polar surface area (TPSA) is 75.9 Å². The number of rotatable bonds is 5. The molecule has 192 valence electrons. The van der Waals surface area contributed by atoms with Crippen molar-refractivity contribution in [1.29, 1.82) is 0 Å². The minimum absolute atomic E-state index is 0.0268. The fraction of sp³-hybridized carbons (Fsp3) is 0.417. The lowest BCUT2D eigenvalue weighted by atomic mass is 9.88. The van der Waals surface area contributed by atoms with Gasteiger partial charge in [0.15, 0.2) is 5.69 Å². The van der Waals surface area contributed by atoms with Crippen molar-refractivity contribution < 1.29 is 26.7 Å². The highest BCUT2D eigenvalue weighted by Crippen LogP contribution is 2.36. The molecule has 0 saturated carbocycles. The molecule has 12 heteroatoms. The van der Waals surface area contributed by atoms with Crippen LogP contribution in [0.25, 0.3) is 11.1 Å². The molecular formula is C24H25F5N6O. The first kappa shape index (κ1) is 25.5. The Hall–Kier alpha value is -3.57. The molecule has 1 fully saturated rings. The molecule has 3 aromatic rings. The molecule has 1 aliphatic rings. The summed E-state index contributed by atoms with van der Waals surface area (Å²) < 4.78 is 69.0. The lowest BCUT2D eigenvalue weighted by Gasteiger charge is -2.43. The van der Waals surface area contributed by atoms with E-state index in [1.165, 1.54) is 4.68 Å². The van der Waals surface area contributed by atoms with Gasteiger partial charge in [0.1, 0.15) is 0 Å². The van der Waals surface area contributed by atoms with Gasteiger partial charge in [0.2, 0.25) is 5.95 Å². The smallest absolute Gasteiger partial charge is 0.352 e. The predicted molar refractivity (Wildman–Crippen MR) is 122 cm³/mol. The van der Waals surface area contributed by atoms with E-state index in [1.807, 2.05) is 31.2 Å². The Morgan fingerprint density at radius 2 is 1.92 bits per heavy atom. The monoisotopic (exact) mass is 508 g/mol. The number of hydrogen-bond acceptors (Lipinski definition) is 5. The molecule has 36 heavy (non-hydrogen) atoms. The van der Waals surface area contributed by atoms with E-state index in [0.717, 1.165) is 16.0 Å². The van der Waals surface area contributed by atoms with E-state index >= 15 is 0 Å². The van der Waals surface area contributed by atoms with Gasteiger partial charge in [-0.1, -0.05) is 36.8 Å². The van der Waals surface area contributed by atoms with Crippen molar-refractivity contribution in [2.45, 2.75) is 38.4 Å². The Morgan fingerprint density at radius 3 is 2.56 bits per heavy atom. The summed E-state index contributed by atoms with van der Waals surface area (Å²) in [5, 5.41) is 7.07. The number of carbonyl (C=O) groups is 1. The number of halogens is 5. The molecule has 4 rings (SSSR count). The van der Waals surface area contributed by atoms with Crippen LogP contribution in [0, 0.1) is 12.8 Å². The molecule has 0 radical (unpaired) electrons. The van der Waals surface area contributed by atoms with Gasteiger partial charge in [0.25, 0.3) is 11.8 Å². The number of anilines is 1. The fourth-order valence-corrected chi connectivity index (χ4v) is 4.45. The van der Waals surface area contributed by atoms with E-state index in [1.54, 1.807) is 20.2 Å². The molecule has 1 amide bonds. The third kappa shape index (κ3) is 5.47. The van der Waals surface area contributed by atoms with Crippen LogP contribution in [0.15, 0.2) is 42.9 Å². The maximum atomic E-state index is 14.6. The SMILES string of the molecule is Cc1cccc(-c2cn(C)nc2C(=O)N2CC(F)(F)CC(C)C2CNc2ncc(C(F)(F)F)cn2)c1. The summed E-state index contributed by atoms with van der Waals surface area (Å²) >= 11 is 0. The van der Waals surface area contributed by atoms with Crippen LogP contribution in [-0.2, 0) is 13.2 Å². The van der Waals surface area contributed by atoms with Gasteiger partial charge in [-0.2, -0.15) is 18.3 Å². The molecule has 2 unspecified atom stereocenters. The average molecular weight is 508 g/mol. The van der Waals surface area contributed by atoms with Gasteiger partial charge in [-0.15, -0.1) is 0 Å². The van der Waals surface area contributed by atoms with E-state index in [4.69, 9.17) is 0 Å². The number of hydrogen-bond donors (Lipinski definition) is 1. The van der Waals surface area contributed by atoms with Gasteiger partial charge in [0, 0.05) is 44.2 Å². The second kappa shape index (κ2) is 9.47. The normalized spacial score (nSPS) is 19.8. The first-order chi connectivity index (χ1) is 16.8. The van der Waals surface area contributed by atoms with Crippen LogP contribution in [0.5, 0.6) is 0 Å². The Kier molecular flexibility index (Phi) is 6.72. The van der Waals surface area contributed by atoms with E-state index in [9.17, 15) is 26.7 Å². The molecule has 2 atom stereocenters. The van der Waals surface area contributed by atoms with Crippen molar-refractivity contribution in [3.05, 3.63) is 59.7 Å². The molecule has 1 N–H and O–H groups in total. The van der Waals surface area contributed by atoms with Crippen LogP contribution in [0.2, 0.25) is 0 Å². The number of aromatic nitrogens is 4. The number of benzene rings is 1. The minimum Gasteiger partial charge on any atom is -0.352 e. The summed E-state index contributed by atoms with van der Waals surface area (Å²) in [6, 6.07) is 6.73. The van der Waals surface area contributed by atoms with Crippen molar-refractivity contribution in [2.75, 3.05) is 18.4 Å². The molecule has 0 bridgehead atoms. The van der Waals surface area contributed by atoms with E-state index in [-0.39, 0.29) is 18.2 Å². The molecule has 0 spiro atoms. The zero-order valence-electron chi connectivity index (χ0n) is 19.9. The van der Waals surface area contributed by atoms with Crippen molar-refractivity contribution in [3.8, 4) is 11.1 Å². The second-order valence-electron chi connectivity index (χ2n) is 9.15. The first-order valence-corrected chi connectivity index (χ1v) is 11.3. The van der Waals surface area contributed by atoms with Crippen LogP contribution in [0.4, 0.5) is 27.9 Å². The van der Waals surface area contributed by atoms with Gasteiger partial charge < -0.3 is 10.2 Å². The molecule has 1 saturated heterocycles. The summed E-state index contributed by atoms with van der Waals surface area (Å²) in [7, 11) is 1.64. The third-order valence-corrected chi connectivity index (χ3v) is 6.15. The predicted octanol–water partition coefficient (Wildman–Crippen LogP) is 4.80. The standard InChI is InChI=1S/C24H25F5N6O/c1-14-5-4-6-16(7-14)18-12-34(3)33-20(18)21(36)35-13-23(25,26)8-15(2)19(35)11-32-22-30-9-17(10-31-22)24(27,28)29/h4-7,9-10,12,15,19H,8,11,13H2,1-3H3,(H,30,31,32). The number of carbonyl (C=O) groups excluding carboxylic acids is 1. The number of nitrogens with one attached hydrogen (secondary N) is 1. The number of amides is 1. The van der Waals surface area contributed by atoms with Gasteiger partial charge in [-0.05, 0) is 18.4 Å². The maximum Gasteiger partial charge on any atom is 0.419 e. The van der Waals surface area contributed by atoms with Gasteiger partial charge >= 0.3 is 6.18 Å². The van der Waals surface area contributed by atoms with Crippen LogP contribution < -0.4 is 5.32 Å². The lowest BCUT2D eigenvalue weighted by Crippen LogP contribution is -2.57. The van der Waals surface area contributed by atoms with Gasteiger partial charge in [-0.3, -0.25) is 9.48 Å². The zero-order valence-corrected chi connectivity index (χ0v) is 19.9. The summed E-state index contributed by atoms with van der Waals surface area (Å²) in [6.07, 6.45) is -2.08. The second-order valence-corrected chi connectivity index (χ2v) is 9.15. The number of alkyl halides is 5. The molecule has 2 aromatic heterocycles. The summed E-state index contributed by atoms with van der Waals surface area (Å²) in [6.45, 7) is 2.67. The Morgan fingerprint density at radius 1 is 1.22 bits per heavy atom. The van der Waals surface area contributed by atoms with Crippen molar-refractivity contribution in [1.82, 2.24) is 24.6 Å². The molecule has 3 heterocycles. The van der Waals surface area contributed by atoms with Crippen molar-refractivity contribution in [2.24, 2.45) is 13.0 Å². The molecular weight excluding hydrogens is 483 g/mol. The Balaban J connectivity index is 1.61. The van der Waals surface area contributed by atoms with Crippen molar-refractivity contribution in [3.63, 3.8) is 0 Å². The fourth-order valence-electron chi connectivity index (χ4n) is 4.45.